The third-order valence-electron chi connectivity index (χ3n) is 3.06. The summed E-state index contributed by atoms with van der Waals surface area (Å²) in [5.74, 6) is -0.915. The van der Waals surface area contributed by atoms with Crippen LogP contribution in [0.15, 0.2) is 40.7 Å². The molecule has 0 fully saturated rings. The van der Waals surface area contributed by atoms with Crippen molar-refractivity contribution in [2.24, 2.45) is 5.10 Å². The minimum atomic E-state index is -0.818. The molecule has 3 N–H and O–H groups in total. The second-order valence-corrected chi connectivity index (χ2v) is 5.09. The molecule has 20 heavy (non-hydrogen) atoms. The molecule has 0 saturated carbocycles. The largest absolute Gasteiger partial charge is 0.509 e. The lowest BCUT2D eigenvalue weighted by Crippen LogP contribution is -2.38. The Morgan fingerprint density at radius 1 is 1.40 bits per heavy atom. The summed E-state index contributed by atoms with van der Waals surface area (Å²) in [6.45, 7) is 4.94. The molecule has 1 aromatic carbocycles. The number of hydrogen-bond acceptors (Lipinski definition) is 4. The van der Waals surface area contributed by atoms with Crippen LogP contribution in [0.3, 0.4) is 0 Å². The van der Waals surface area contributed by atoms with Crippen molar-refractivity contribution in [2.45, 2.75) is 26.3 Å². The highest BCUT2D eigenvalue weighted by Gasteiger charge is 2.39. The number of halogens is 1. The molecule has 0 saturated heterocycles. The molecule has 2 rings (SSSR count). The summed E-state index contributed by atoms with van der Waals surface area (Å²) in [7, 11) is 0. The minimum Gasteiger partial charge on any atom is -0.509 e. The van der Waals surface area contributed by atoms with Crippen molar-refractivity contribution in [1.82, 2.24) is 5.32 Å². The quantitative estimate of drug-likeness (QED) is 0.586. The number of nitrogens with one attached hydrogen (secondary N) is 2. The van der Waals surface area contributed by atoms with Crippen LogP contribution in [0, 0.1) is 5.82 Å². The van der Waals surface area contributed by atoms with Gasteiger partial charge in [0.1, 0.15) is 17.1 Å². The third kappa shape index (κ3) is 2.49. The maximum Gasteiger partial charge on any atom is 0.257 e. The molecule has 0 aliphatic carbocycles. The molecule has 1 aliphatic heterocycles. The molecule has 1 aromatic rings. The van der Waals surface area contributed by atoms with Crippen LogP contribution in [0.2, 0.25) is 0 Å². The van der Waals surface area contributed by atoms with Gasteiger partial charge in [0.05, 0.1) is 16.9 Å². The highest BCUT2D eigenvalue weighted by atomic mass is 19.1. The Labute approximate surface area is 116 Å². The second-order valence-electron chi connectivity index (χ2n) is 5.09. The summed E-state index contributed by atoms with van der Waals surface area (Å²) in [6, 6.07) is 6.06. The molecule has 6 heteroatoms. The molecule has 0 unspecified atom stereocenters. The number of rotatable bonds is 3. The van der Waals surface area contributed by atoms with Gasteiger partial charge in [-0.2, -0.15) is 5.10 Å². The fourth-order valence-electron chi connectivity index (χ4n) is 1.91. The normalized spacial score (nSPS) is 18.2. The van der Waals surface area contributed by atoms with E-state index in [1.165, 1.54) is 12.1 Å². The zero-order chi connectivity index (χ0) is 14.9. The lowest BCUT2D eigenvalue weighted by molar-refractivity contribution is -0.117. The number of benzene rings is 1. The number of amides is 1. The zero-order valence-electron chi connectivity index (χ0n) is 11.5. The second kappa shape index (κ2) is 4.96. The molecule has 0 radical (unpaired) electrons. The number of para-hydroxylation sites is 1. The average molecular weight is 277 g/mol. The predicted molar refractivity (Wildman–Crippen MR) is 75.0 cm³/mol. The van der Waals surface area contributed by atoms with Crippen LogP contribution in [0.25, 0.3) is 0 Å². The molecular weight excluding hydrogens is 261 g/mol. The lowest BCUT2D eigenvalue weighted by Gasteiger charge is -2.17. The van der Waals surface area contributed by atoms with Crippen molar-refractivity contribution in [2.75, 3.05) is 5.43 Å². The molecule has 0 spiro atoms. The summed E-state index contributed by atoms with van der Waals surface area (Å²) in [5.41, 5.74) is 2.32. The first-order chi connectivity index (χ1) is 9.33. The predicted octanol–water partition coefficient (Wildman–Crippen LogP) is 2.33. The molecule has 1 amide bonds. The SMILES string of the molecule is CC(=NNc1ccccc1F)C1=C(O)C(C)(C)NC1=O. The third-order valence-corrected chi connectivity index (χ3v) is 3.06. The maximum atomic E-state index is 13.4. The van der Waals surface area contributed by atoms with Crippen LogP contribution >= 0.6 is 0 Å². The molecular formula is C14H16FN3O2. The van der Waals surface area contributed by atoms with Crippen molar-refractivity contribution in [1.29, 1.82) is 0 Å². The number of hydrogen-bond donors (Lipinski definition) is 3. The van der Waals surface area contributed by atoms with Gasteiger partial charge in [0.25, 0.3) is 5.91 Å². The average Bonchev–Trinajstić information content (AvgIpc) is 2.57. The van der Waals surface area contributed by atoms with E-state index in [4.69, 9.17) is 0 Å². The first kappa shape index (κ1) is 14.0. The summed E-state index contributed by atoms with van der Waals surface area (Å²) in [4.78, 5) is 11.8. The summed E-state index contributed by atoms with van der Waals surface area (Å²) in [5, 5.41) is 16.6. The van der Waals surface area contributed by atoms with Gasteiger partial charge in [-0.25, -0.2) is 4.39 Å². The fraction of sp³-hybridized carbons (Fsp3) is 0.286. The number of nitrogens with zero attached hydrogens (tertiary/aromatic N) is 1. The van der Waals surface area contributed by atoms with Crippen LogP contribution < -0.4 is 10.7 Å². The van der Waals surface area contributed by atoms with Gasteiger partial charge in [0, 0.05) is 0 Å². The molecule has 0 atom stereocenters. The standard InChI is InChI=1S/C14H16FN3O2/c1-8(11-12(19)14(2,3)16-13(11)20)17-18-10-7-5-4-6-9(10)15/h4-7,18-19H,1-3H3,(H,16,20). The fourth-order valence-corrected chi connectivity index (χ4v) is 1.91. The minimum absolute atomic E-state index is 0.0703. The van der Waals surface area contributed by atoms with Crippen molar-refractivity contribution >= 4 is 17.3 Å². The Bertz CT molecular complexity index is 621. The van der Waals surface area contributed by atoms with Crippen LogP contribution in [0.4, 0.5) is 10.1 Å². The number of carbonyl (C=O) groups excluding carboxylic acids is 1. The van der Waals surface area contributed by atoms with E-state index in [9.17, 15) is 14.3 Å². The van der Waals surface area contributed by atoms with Gasteiger partial charge in [-0.05, 0) is 32.9 Å². The Hall–Kier alpha value is -2.37. The first-order valence-electron chi connectivity index (χ1n) is 6.14. The first-order valence-corrected chi connectivity index (χ1v) is 6.14. The van der Waals surface area contributed by atoms with E-state index in [1.807, 2.05) is 0 Å². The Balaban J connectivity index is 2.26. The van der Waals surface area contributed by atoms with E-state index in [-0.39, 0.29) is 22.7 Å². The van der Waals surface area contributed by atoms with E-state index >= 15 is 0 Å². The van der Waals surface area contributed by atoms with Gasteiger partial charge >= 0.3 is 0 Å². The highest BCUT2D eigenvalue weighted by molar-refractivity contribution is 6.23. The number of carbonyl (C=O) groups is 1. The number of aliphatic hydroxyl groups excluding tert-OH is 1. The van der Waals surface area contributed by atoms with Crippen molar-refractivity contribution < 1.29 is 14.3 Å². The number of aliphatic hydroxyl groups is 1. The Kier molecular flexibility index (Phi) is 3.48. The van der Waals surface area contributed by atoms with Crippen molar-refractivity contribution in [3.63, 3.8) is 0 Å². The number of hydrazone groups is 1. The van der Waals surface area contributed by atoms with Gasteiger partial charge < -0.3 is 10.4 Å². The zero-order valence-corrected chi connectivity index (χ0v) is 11.5. The van der Waals surface area contributed by atoms with Crippen molar-refractivity contribution in [3.05, 3.63) is 41.4 Å². The van der Waals surface area contributed by atoms with E-state index < -0.39 is 17.3 Å². The topological polar surface area (TPSA) is 73.7 Å². The van der Waals surface area contributed by atoms with Crippen LogP contribution in [-0.2, 0) is 4.79 Å². The van der Waals surface area contributed by atoms with Crippen LogP contribution in [-0.4, -0.2) is 22.3 Å². The van der Waals surface area contributed by atoms with Gasteiger partial charge in [-0.3, -0.25) is 10.2 Å². The van der Waals surface area contributed by atoms with Crippen molar-refractivity contribution in [3.8, 4) is 0 Å². The van der Waals surface area contributed by atoms with Gasteiger partial charge in [0.2, 0.25) is 0 Å². The molecule has 0 bridgehead atoms. The van der Waals surface area contributed by atoms with E-state index in [0.29, 0.717) is 0 Å². The monoisotopic (exact) mass is 277 g/mol. The maximum absolute atomic E-state index is 13.4. The summed E-state index contributed by atoms with van der Waals surface area (Å²) >= 11 is 0. The summed E-state index contributed by atoms with van der Waals surface area (Å²) in [6.07, 6.45) is 0. The van der Waals surface area contributed by atoms with E-state index in [0.717, 1.165) is 0 Å². The lowest BCUT2D eigenvalue weighted by atomic mass is 10.0. The molecule has 1 heterocycles. The smallest absolute Gasteiger partial charge is 0.257 e. The van der Waals surface area contributed by atoms with E-state index in [1.54, 1.807) is 32.9 Å². The molecule has 5 nitrogen and oxygen atoms in total. The highest BCUT2D eigenvalue weighted by Crippen LogP contribution is 2.25. The van der Waals surface area contributed by atoms with Crippen LogP contribution in [0.1, 0.15) is 20.8 Å². The molecule has 0 aromatic heterocycles. The number of anilines is 1. The Morgan fingerprint density at radius 3 is 2.60 bits per heavy atom. The Morgan fingerprint density at radius 2 is 2.05 bits per heavy atom. The van der Waals surface area contributed by atoms with Gasteiger partial charge in [0.15, 0.2) is 0 Å². The summed E-state index contributed by atoms with van der Waals surface area (Å²) < 4.78 is 13.4. The van der Waals surface area contributed by atoms with Gasteiger partial charge in [-0.1, -0.05) is 12.1 Å². The van der Waals surface area contributed by atoms with E-state index in [2.05, 4.69) is 15.8 Å². The van der Waals surface area contributed by atoms with Gasteiger partial charge in [-0.15, -0.1) is 0 Å². The van der Waals surface area contributed by atoms with Crippen LogP contribution in [0.5, 0.6) is 0 Å². The molecule has 106 valence electrons. The molecule has 1 aliphatic rings.